The van der Waals surface area contributed by atoms with Crippen molar-refractivity contribution in [2.75, 3.05) is 7.11 Å². The molecule has 1 heterocycles. The van der Waals surface area contributed by atoms with E-state index in [1.807, 2.05) is 50.2 Å². The maximum atomic E-state index is 5.79. The number of hydrogen-bond acceptors (Lipinski definition) is 3. The van der Waals surface area contributed by atoms with Crippen molar-refractivity contribution in [2.24, 2.45) is 0 Å². The Hall–Kier alpha value is -2.03. The third-order valence-electron chi connectivity index (χ3n) is 2.84. The van der Waals surface area contributed by atoms with Crippen LogP contribution in [0.1, 0.15) is 16.8 Å². The average Bonchev–Trinajstić information content (AvgIpc) is 2.39. The van der Waals surface area contributed by atoms with Gasteiger partial charge in [-0.05, 0) is 31.0 Å². The van der Waals surface area contributed by atoms with Crippen LogP contribution in [0.5, 0.6) is 11.6 Å². The van der Waals surface area contributed by atoms with Gasteiger partial charge in [0, 0.05) is 6.07 Å². The lowest BCUT2D eigenvalue weighted by atomic mass is 10.2. The molecule has 1 aromatic heterocycles. The second kappa shape index (κ2) is 5.54. The molecule has 0 atom stereocenters. The van der Waals surface area contributed by atoms with Gasteiger partial charge in [-0.25, -0.2) is 4.98 Å². The Kier molecular flexibility index (Phi) is 3.82. The SMILES string of the molecule is COc1ccc(C)c(COc2ccccc2C)n1. The largest absolute Gasteiger partial charge is 0.487 e. The molecule has 94 valence electrons. The first kappa shape index (κ1) is 12.4. The van der Waals surface area contributed by atoms with E-state index in [4.69, 9.17) is 9.47 Å². The summed E-state index contributed by atoms with van der Waals surface area (Å²) >= 11 is 0. The summed E-state index contributed by atoms with van der Waals surface area (Å²) in [6, 6.07) is 11.8. The van der Waals surface area contributed by atoms with Crippen molar-refractivity contribution in [3.63, 3.8) is 0 Å². The van der Waals surface area contributed by atoms with Crippen LogP contribution in [0.3, 0.4) is 0 Å². The molecule has 2 aromatic rings. The molecule has 0 N–H and O–H groups in total. The van der Waals surface area contributed by atoms with Crippen LogP contribution in [0.15, 0.2) is 36.4 Å². The summed E-state index contributed by atoms with van der Waals surface area (Å²) in [7, 11) is 1.61. The predicted molar refractivity (Wildman–Crippen MR) is 71.0 cm³/mol. The minimum atomic E-state index is 0.452. The van der Waals surface area contributed by atoms with Crippen molar-refractivity contribution < 1.29 is 9.47 Å². The quantitative estimate of drug-likeness (QED) is 0.825. The van der Waals surface area contributed by atoms with Gasteiger partial charge in [0.15, 0.2) is 0 Å². The maximum Gasteiger partial charge on any atom is 0.213 e. The summed E-state index contributed by atoms with van der Waals surface area (Å²) in [5.41, 5.74) is 3.13. The van der Waals surface area contributed by atoms with E-state index in [0.717, 1.165) is 22.6 Å². The molecular weight excluding hydrogens is 226 g/mol. The molecule has 0 saturated heterocycles. The van der Waals surface area contributed by atoms with Gasteiger partial charge in [-0.1, -0.05) is 24.3 Å². The highest BCUT2D eigenvalue weighted by Gasteiger charge is 2.05. The van der Waals surface area contributed by atoms with Crippen LogP contribution in [0.2, 0.25) is 0 Å². The van der Waals surface area contributed by atoms with Crippen molar-refractivity contribution >= 4 is 0 Å². The van der Waals surface area contributed by atoms with Gasteiger partial charge in [0.2, 0.25) is 5.88 Å². The Labute approximate surface area is 107 Å². The molecule has 1 aromatic carbocycles. The molecule has 18 heavy (non-hydrogen) atoms. The van der Waals surface area contributed by atoms with E-state index in [1.54, 1.807) is 7.11 Å². The standard InChI is InChI=1S/C15H17NO2/c1-11-8-9-15(17-3)16-13(11)10-18-14-7-5-4-6-12(14)2/h4-9H,10H2,1-3H3. The Morgan fingerprint density at radius 2 is 1.78 bits per heavy atom. The fourth-order valence-electron chi connectivity index (χ4n) is 1.68. The lowest BCUT2D eigenvalue weighted by Crippen LogP contribution is -2.03. The molecule has 0 fully saturated rings. The second-order valence-electron chi connectivity index (χ2n) is 4.17. The zero-order chi connectivity index (χ0) is 13.0. The lowest BCUT2D eigenvalue weighted by molar-refractivity contribution is 0.295. The van der Waals surface area contributed by atoms with Gasteiger partial charge >= 0.3 is 0 Å². The Bertz CT molecular complexity index is 538. The third-order valence-corrected chi connectivity index (χ3v) is 2.84. The number of para-hydroxylation sites is 1. The molecule has 0 bridgehead atoms. The Balaban J connectivity index is 2.13. The fraction of sp³-hybridized carbons (Fsp3) is 0.267. The maximum absolute atomic E-state index is 5.79. The minimum Gasteiger partial charge on any atom is -0.487 e. The molecule has 0 aliphatic heterocycles. The van der Waals surface area contributed by atoms with E-state index >= 15 is 0 Å². The summed E-state index contributed by atoms with van der Waals surface area (Å²) in [4.78, 5) is 4.39. The molecule has 0 amide bonds. The van der Waals surface area contributed by atoms with Crippen molar-refractivity contribution in [1.82, 2.24) is 4.98 Å². The molecule has 0 radical (unpaired) electrons. The monoisotopic (exact) mass is 243 g/mol. The number of hydrogen-bond donors (Lipinski definition) is 0. The molecule has 0 unspecified atom stereocenters. The molecule has 0 saturated carbocycles. The number of nitrogens with zero attached hydrogens (tertiary/aromatic N) is 1. The van der Waals surface area contributed by atoms with Crippen molar-refractivity contribution in [3.8, 4) is 11.6 Å². The van der Waals surface area contributed by atoms with Gasteiger partial charge in [0.1, 0.15) is 12.4 Å². The number of methoxy groups -OCH3 is 1. The minimum absolute atomic E-state index is 0.452. The van der Waals surface area contributed by atoms with Crippen LogP contribution >= 0.6 is 0 Å². The number of rotatable bonds is 4. The van der Waals surface area contributed by atoms with Crippen molar-refractivity contribution in [2.45, 2.75) is 20.5 Å². The zero-order valence-corrected chi connectivity index (χ0v) is 10.9. The van der Waals surface area contributed by atoms with Crippen LogP contribution < -0.4 is 9.47 Å². The first-order valence-corrected chi connectivity index (χ1v) is 5.89. The highest BCUT2D eigenvalue weighted by Crippen LogP contribution is 2.19. The van der Waals surface area contributed by atoms with Gasteiger partial charge in [-0.3, -0.25) is 0 Å². The van der Waals surface area contributed by atoms with Crippen molar-refractivity contribution in [1.29, 1.82) is 0 Å². The Morgan fingerprint density at radius 3 is 2.50 bits per heavy atom. The van der Waals surface area contributed by atoms with Gasteiger partial charge in [-0.2, -0.15) is 0 Å². The summed E-state index contributed by atoms with van der Waals surface area (Å²) in [6.07, 6.45) is 0. The molecule has 0 aliphatic rings. The first-order valence-electron chi connectivity index (χ1n) is 5.89. The van der Waals surface area contributed by atoms with Gasteiger partial charge in [0.25, 0.3) is 0 Å². The average molecular weight is 243 g/mol. The van der Waals surface area contributed by atoms with E-state index in [1.165, 1.54) is 0 Å². The normalized spacial score (nSPS) is 10.2. The molecule has 3 heteroatoms. The molecule has 3 nitrogen and oxygen atoms in total. The number of aryl methyl sites for hydroxylation is 2. The number of ether oxygens (including phenoxy) is 2. The zero-order valence-electron chi connectivity index (χ0n) is 10.9. The van der Waals surface area contributed by atoms with Crippen LogP contribution in [-0.4, -0.2) is 12.1 Å². The summed E-state index contributed by atoms with van der Waals surface area (Å²) in [5.74, 6) is 1.51. The van der Waals surface area contributed by atoms with Crippen LogP contribution in [0, 0.1) is 13.8 Å². The van der Waals surface area contributed by atoms with E-state index < -0.39 is 0 Å². The first-order chi connectivity index (χ1) is 8.70. The highest BCUT2D eigenvalue weighted by atomic mass is 16.5. The molecule has 2 rings (SSSR count). The van der Waals surface area contributed by atoms with E-state index in [2.05, 4.69) is 4.98 Å². The van der Waals surface area contributed by atoms with E-state index in [9.17, 15) is 0 Å². The van der Waals surface area contributed by atoms with Gasteiger partial charge in [-0.15, -0.1) is 0 Å². The predicted octanol–water partition coefficient (Wildman–Crippen LogP) is 3.29. The van der Waals surface area contributed by atoms with Crippen LogP contribution in [0.4, 0.5) is 0 Å². The number of aromatic nitrogens is 1. The lowest BCUT2D eigenvalue weighted by Gasteiger charge is -2.10. The second-order valence-corrected chi connectivity index (χ2v) is 4.17. The third kappa shape index (κ3) is 2.80. The van der Waals surface area contributed by atoms with Gasteiger partial charge < -0.3 is 9.47 Å². The Morgan fingerprint density at radius 1 is 1.00 bits per heavy atom. The smallest absolute Gasteiger partial charge is 0.213 e. The highest BCUT2D eigenvalue weighted by molar-refractivity contribution is 5.32. The van der Waals surface area contributed by atoms with Crippen molar-refractivity contribution in [3.05, 3.63) is 53.2 Å². The number of pyridine rings is 1. The number of benzene rings is 1. The summed E-state index contributed by atoms with van der Waals surface area (Å²) in [5, 5.41) is 0. The summed E-state index contributed by atoms with van der Waals surface area (Å²) in [6.45, 7) is 4.50. The molecular formula is C15H17NO2. The molecule has 0 aliphatic carbocycles. The molecule has 0 spiro atoms. The topological polar surface area (TPSA) is 31.4 Å². The fourth-order valence-corrected chi connectivity index (χ4v) is 1.68. The van der Waals surface area contributed by atoms with Crippen LogP contribution in [-0.2, 0) is 6.61 Å². The summed E-state index contributed by atoms with van der Waals surface area (Å²) < 4.78 is 10.9. The van der Waals surface area contributed by atoms with E-state index in [-0.39, 0.29) is 0 Å². The van der Waals surface area contributed by atoms with Gasteiger partial charge in [0.05, 0.1) is 12.8 Å². The van der Waals surface area contributed by atoms with Crippen LogP contribution in [0.25, 0.3) is 0 Å². The van der Waals surface area contributed by atoms with E-state index in [0.29, 0.717) is 12.5 Å².